The normalized spacial score (nSPS) is 13.6. The van der Waals surface area contributed by atoms with E-state index >= 15 is 0 Å². The Morgan fingerprint density at radius 2 is 2.00 bits per heavy atom. The predicted molar refractivity (Wildman–Crippen MR) is 76.8 cm³/mol. The standard InChI is InChI=1S/C14H23ClN2/c1-6-14(3,4)17(5)11-7-8-12(10(2)16)13(15)9-11/h7-10H,6,16H2,1-5H3. The molecule has 0 aromatic heterocycles. The molecule has 0 spiro atoms. The van der Waals surface area contributed by atoms with Gasteiger partial charge in [0.05, 0.1) is 0 Å². The van der Waals surface area contributed by atoms with Crippen molar-refractivity contribution < 1.29 is 0 Å². The van der Waals surface area contributed by atoms with E-state index in [0.717, 1.165) is 22.7 Å². The van der Waals surface area contributed by atoms with Gasteiger partial charge in [0, 0.05) is 29.3 Å². The Bertz CT molecular complexity index is 386. The zero-order valence-electron chi connectivity index (χ0n) is 11.4. The predicted octanol–water partition coefficient (Wildman–Crippen LogP) is 3.98. The van der Waals surface area contributed by atoms with E-state index in [-0.39, 0.29) is 11.6 Å². The van der Waals surface area contributed by atoms with Gasteiger partial charge in [-0.2, -0.15) is 0 Å². The molecular weight excluding hydrogens is 232 g/mol. The van der Waals surface area contributed by atoms with Gasteiger partial charge in [0.2, 0.25) is 0 Å². The SMILES string of the molecule is CCC(C)(C)N(C)c1ccc(C(C)N)c(Cl)c1. The summed E-state index contributed by atoms with van der Waals surface area (Å²) in [5.41, 5.74) is 8.11. The van der Waals surface area contributed by atoms with Crippen LogP contribution in [0.1, 0.15) is 45.7 Å². The molecule has 1 aromatic rings. The quantitative estimate of drug-likeness (QED) is 0.881. The molecule has 0 saturated heterocycles. The molecule has 0 amide bonds. The fourth-order valence-corrected chi connectivity index (χ4v) is 2.03. The largest absolute Gasteiger partial charge is 0.369 e. The molecule has 0 aliphatic rings. The summed E-state index contributed by atoms with van der Waals surface area (Å²) in [5.74, 6) is 0. The second-order valence-corrected chi connectivity index (χ2v) is 5.63. The Hall–Kier alpha value is -0.730. The average Bonchev–Trinajstić information content (AvgIpc) is 2.27. The van der Waals surface area contributed by atoms with Gasteiger partial charge in [-0.1, -0.05) is 24.6 Å². The highest BCUT2D eigenvalue weighted by Crippen LogP contribution is 2.30. The first-order chi connectivity index (χ1) is 7.79. The minimum Gasteiger partial charge on any atom is -0.369 e. The zero-order chi connectivity index (χ0) is 13.2. The zero-order valence-corrected chi connectivity index (χ0v) is 12.2. The summed E-state index contributed by atoms with van der Waals surface area (Å²) < 4.78 is 0. The van der Waals surface area contributed by atoms with E-state index in [2.05, 4.69) is 38.8 Å². The lowest BCUT2D eigenvalue weighted by Crippen LogP contribution is -2.40. The molecule has 0 aliphatic carbocycles. The minimum absolute atomic E-state index is 0.0268. The molecule has 1 unspecified atom stereocenters. The van der Waals surface area contributed by atoms with Gasteiger partial charge in [0.1, 0.15) is 0 Å². The third-order valence-electron chi connectivity index (χ3n) is 3.64. The van der Waals surface area contributed by atoms with Gasteiger partial charge in [-0.05, 0) is 44.9 Å². The first kappa shape index (κ1) is 14.3. The first-order valence-electron chi connectivity index (χ1n) is 6.08. The van der Waals surface area contributed by atoms with Gasteiger partial charge in [0.25, 0.3) is 0 Å². The van der Waals surface area contributed by atoms with Gasteiger partial charge in [0.15, 0.2) is 0 Å². The van der Waals surface area contributed by atoms with Crippen molar-refractivity contribution in [1.29, 1.82) is 0 Å². The molecule has 96 valence electrons. The summed E-state index contributed by atoms with van der Waals surface area (Å²) >= 11 is 6.26. The van der Waals surface area contributed by atoms with Gasteiger partial charge in [-0.25, -0.2) is 0 Å². The molecule has 0 aliphatic heterocycles. The van der Waals surface area contributed by atoms with Crippen molar-refractivity contribution in [2.75, 3.05) is 11.9 Å². The summed E-state index contributed by atoms with van der Waals surface area (Å²) in [6.45, 7) is 8.58. The summed E-state index contributed by atoms with van der Waals surface area (Å²) in [4.78, 5) is 2.25. The van der Waals surface area contributed by atoms with Crippen LogP contribution in [0.25, 0.3) is 0 Å². The van der Waals surface area contributed by atoms with Crippen LogP contribution >= 0.6 is 11.6 Å². The topological polar surface area (TPSA) is 29.3 Å². The smallest absolute Gasteiger partial charge is 0.0474 e. The van der Waals surface area contributed by atoms with Gasteiger partial charge < -0.3 is 10.6 Å². The fourth-order valence-electron chi connectivity index (χ4n) is 1.68. The van der Waals surface area contributed by atoms with Crippen molar-refractivity contribution >= 4 is 17.3 Å². The van der Waals surface area contributed by atoms with Crippen LogP contribution in [0.15, 0.2) is 18.2 Å². The number of rotatable bonds is 4. The molecule has 2 nitrogen and oxygen atoms in total. The highest BCUT2D eigenvalue weighted by molar-refractivity contribution is 6.31. The number of halogens is 1. The second kappa shape index (κ2) is 5.28. The van der Waals surface area contributed by atoms with Gasteiger partial charge in [-0.15, -0.1) is 0 Å². The lowest BCUT2D eigenvalue weighted by atomic mass is 9.98. The Morgan fingerprint density at radius 1 is 1.41 bits per heavy atom. The van der Waals surface area contributed by atoms with E-state index in [9.17, 15) is 0 Å². The number of benzene rings is 1. The van der Waals surface area contributed by atoms with Crippen molar-refractivity contribution in [1.82, 2.24) is 0 Å². The van der Waals surface area contributed by atoms with Crippen molar-refractivity contribution in [3.8, 4) is 0 Å². The maximum atomic E-state index is 6.26. The molecule has 0 bridgehead atoms. The lowest BCUT2D eigenvalue weighted by molar-refractivity contribution is 0.471. The van der Waals surface area contributed by atoms with Crippen molar-refractivity contribution in [3.63, 3.8) is 0 Å². The number of hydrogen-bond acceptors (Lipinski definition) is 2. The van der Waals surface area contributed by atoms with Crippen LogP contribution < -0.4 is 10.6 Å². The van der Waals surface area contributed by atoms with Crippen molar-refractivity contribution in [3.05, 3.63) is 28.8 Å². The Labute approximate surface area is 110 Å². The molecule has 1 rings (SSSR count). The first-order valence-corrected chi connectivity index (χ1v) is 6.46. The Morgan fingerprint density at radius 3 is 2.41 bits per heavy atom. The van der Waals surface area contributed by atoms with E-state index in [1.54, 1.807) is 0 Å². The number of hydrogen-bond donors (Lipinski definition) is 1. The molecular formula is C14H23ClN2. The van der Waals surface area contributed by atoms with Crippen molar-refractivity contribution in [2.45, 2.75) is 45.7 Å². The fraction of sp³-hybridized carbons (Fsp3) is 0.571. The van der Waals surface area contributed by atoms with E-state index < -0.39 is 0 Å². The van der Waals surface area contributed by atoms with Crippen LogP contribution in [0.5, 0.6) is 0 Å². The van der Waals surface area contributed by atoms with E-state index in [1.807, 2.05) is 19.1 Å². The van der Waals surface area contributed by atoms with E-state index in [0.29, 0.717) is 0 Å². The van der Waals surface area contributed by atoms with Crippen LogP contribution in [-0.4, -0.2) is 12.6 Å². The highest BCUT2D eigenvalue weighted by atomic mass is 35.5. The number of nitrogens with zero attached hydrogens (tertiary/aromatic N) is 1. The number of nitrogens with two attached hydrogens (primary N) is 1. The van der Waals surface area contributed by atoms with Gasteiger partial charge in [-0.3, -0.25) is 0 Å². The minimum atomic E-state index is -0.0268. The molecule has 1 aromatic carbocycles. The average molecular weight is 255 g/mol. The van der Waals surface area contributed by atoms with Gasteiger partial charge >= 0.3 is 0 Å². The van der Waals surface area contributed by atoms with Crippen LogP contribution in [-0.2, 0) is 0 Å². The van der Waals surface area contributed by atoms with E-state index in [4.69, 9.17) is 17.3 Å². The van der Waals surface area contributed by atoms with E-state index in [1.165, 1.54) is 0 Å². The van der Waals surface area contributed by atoms with Crippen LogP contribution in [0.2, 0.25) is 5.02 Å². The Kier molecular flexibility index (Phi) is 4.45. The molecule has 2 N–H and O–H groups in total. The van der Waals surface area contributed by atoms with Crippen molar-refractivity contribution in [2.24, 2.45) is 5.73 Å². The maximum Gasteiger partial charge on any atom is 0.0474 e. The van der Waals surface area contributed by atoms with Crippen LogP contribution in [0.4, 0.5) is 5.69 Å². The molecule has 0 saturated carbocycles. The Balaban J connectivity index is 3.06. The third-order valence-corrected chi connectivity index (χ3v) is 3.96. The molecule has 3 heteroatoms. The van der Waals surface area contributed by atoms with Crippen LogP contribution in [0, 0.1) is 0 Å². The third kappa shape index (κ3) is 3.14. The maximum absolute atomic E-state index is 6.26. The summed E-state index contributed by atoms with van der Waals surface area (Å²) in [6, 6.07) is 6.07. The number of anilines is 1. The second-order valence-electron chi connectivity index (χ2n) is 5.22. The summed E-state index contributed by atoms with van der Waals surface area (Å²) in [5, 5.41) is 0.747. The monoisotopic (exact) mass is 254 g/mol. The van der Waals surface area contributed by atoms with Crippen LogP contribution in [0.3, 0.4) is 0 Å². The summed E-state index contributed by atoms with van der Waals surface area (Å²) in [6.07, 6.45) is 1.08. The molecule has 17 heavy (non-hydrogen) atoms. The molecule has 0 fully saturated rings. The molecule has 1 atom stereocenters. The molecule has 0 radical (unpaired) electrons. The molecule has 0 heterocycles. The highest BCUT2D eigenvalue weighted by Gasteiger charge is 2.22. The lowest BCUT2D eigenvalue weighted by Gasteiger charge is -2.37. The summed E-state index contributed by atoms with van der Waals surface area (Å²) in [7, 11) is 2.10.